The summed E-state index contributed by atoms with van der Waals surface area (Å²) in [5.74, 6) is -0.750. The zero-order chi connectivity index (χ0) is 14.7. The molecule has 100 valence electrons. The van der Waals surface area contributed by atoms with E-state index in [0.717, 1.165) is 23.1 Å². The molecule has 0 saturated heterocycles. The molecule has 1 unspecified atom stereocenters. The first-order valence-corrected chi connectivity index (χ1v) is 6.96. The minimum Gasteiger partial charge on any atom is -0.197 e. The average Bonchev–Trinajstić information content (AvgIpc) is 2.88. The van der Waals surface area contributed by atoms with E-state index in [1.165, 1.54) is 5.56 Å². The van der Waals surface area contributed by atoms with Gasteiger partial charge in [0.25, 0.3) is 0 Å². The molecule has 1 aliphatic carbocycles. The van der Waals surface area contributed by atoms with E-state index in [9.17, 15) is 10.5 Å². The molecule has 0 bridgehead atoms. The maximum Gasteiger partial charge on any atom is 0.143 e. The van der Waals surface area contributed by atoms with Crippen molar-refractivity contribution in [3.63, 3.8) is 0 Å². The summed E-state index contributed by atoms with van der Waals surface area (Å²) in [6.45, 7) is 0. The van der Waals surface area contributed by atoms with Crippen LogP contribution in [-0.4, -0.2) is 0 Å². The lowest BCUT2D eigenvalue weighted by Gasteiger charge is -2.14. The van der Waals surface area contributed by atoms with Gasteiger partial charge in [-0.25, -0.2) is 0 Å². The molecular formula is C19H14N2. The van der Waals surface area contributed by atoms with E-state index in [4.69, 9.17) is 0 Å². The third-order valence-corrected chi connectivity index (χ3v) is 3.95. The van der Waals surface area contributed by atoms with E-state index >= 15 is 0 Å². The topological polar surface area (TPSA) is 47.6 Å². The molecule has 0 heterocycles. The van der Waals surface area contributed by atoms with Crippen molar-refractivity contribution in [2.75, 3.05) is 0 Å². The van der Waals surface area contributed by atoms with Gasteiger partial charge in [-0.3, -0.25) is 0 Å². The first kappa shape index (κ1) is 13.2. The van der Waals surface area contributed by atoms with Crippen LogP contribution in [0.15, 0.2) is 60.2 Å². The van der Waals surface area contributed by atoms with Gasteiger partial charge in [-0.1, -0.05) is 66.2 Å². The Morgan fingerprint density at radius 2 is 1.62 bits per heavy atom. The lowest BCUT2D eigenvalue weighted by molar-refractivity contribution is 0.716. The van der Waals surface area contributed by atoms with Gasteiger partial charge in [0.05, 0.1) is 12.1 Å². The molecule has 0 radical (unpaired) electrons. The summed E-state index contributed by atoms with van der Waals surface area (Å²) in [5, 5.41) is 18.6. The highest BCUT2D eigenvalue weighted by Crippen LogP contribution is 2.42. The highest BCUT2D eigenvalue weighted by molar-refractivity contribution is 5.61. The fourth-order valence-electron chi connectivity index (χ4n) is 3.00. The minimum atomic E-state index is -0.636. The Labute approximate surface area is 124 Å². The highest BCUT2D eigenvalue weighted by atomic mass is 14.4. The molecule has 0 saturated carbocycles. The van der Waals surface area contributed by atoms with Gasteiger partial charge in [0.1, 0.15) is 5.92 Å². The van der Waals surface area contributed by atoms with E-state index < -0.39 is 5.92 Å². The smallest absolute Gasteiger partial charge is 0.143 e. The van der Waals surface area contributed by atoms with Gasteiger partial charge in [-0.05, 0) is 23.1 Å². The summed E-state index contributed by atoms with van der Waals surface area (Å²) < 4.78 is 0. The molecule has 0 N–H and O–H groups in total. The Kier molecular flexibility index (Phi) is 3.54. The zero-order valence-corrected chi connectivity index (χ0v) is 11.5. The lowest BCUT2D eigenvalue weighted by Crippen LogP contribution is -2.08. The number of allylic oxidation sites excluding steroid dienone is 1. The summed E-state index contributed by atoms with van der Waals surface area (Å²) in [6, 6.07) is 22.5. The van der Waals surface area contributed by atoms with E-state index in [0.29, 0.717) is 0 Å². The van der Waals surface area contributed by atoms with E-state index in [1.807, 2.05) is 48.5 Å². The second-order valence-electron chi connectivity index (χ2n) is 5.22. The third-order valence-electron chi connectivity index (χ3n) is 3.95. The van der Waals surface area contributed by atoms with Gasteiger partial charge in [0.2, 0.25) is 0 Å². The van der Waals surface area contributed by atoms with Gasteiger partial charge < -0.3 is 0 Å². The predicted octanol–water partition coefficient (Wildman–Crippen LogP) is 4.07. The number of rotatable bonds is 2. The van der Waals surface area contributed by atoms with Gasteiger partial charge in [-0.15, -0.1) is 0 Å². The third kappa shape index (κ3) is 2.45. The second-order valence-corrected chi connectivity index (χ2v) is 5.22. The molecule has 3 rings (SSSR count). The summed E-state index contributed by atoms with van der Waals surface area (Å²) in [7, 11) is 0. The number of benzene rings is 2. The maximum atomic E-state index is 9.30. The second kappa shape index (κ2) is 5.65. The molecule has 21 heavy (non-hydrogen) atoms. The summed E-state index contributed by atoms with van der Waals surface area (Å²) in [6.07, 6.45) is 2.93. The SMILES string of the molecule is N#CC(C#N)C1/C(=C/c2ccccc2)Cc2ccccc21. The van der Waals surface area contributed by atoms with Crippen LogP contribution in [0.5, 0.6) is 0 Å². The zero-order valence-electron chi connectivity index (χ0n) is 11.5. The molecule has 2 nitrogen and oxygen atoms in total. The molecule has 1 atom stereocenters. The molecule has 0 spiro atoms. The van der Waals surface area contributed by atoms with E-state index in [2.05, 4.69) is 24.3 Å². The standard InChI is InChI=1S/C19H14N2/c20-12-17(13-21)19-16(10-14-6-2-1-3-7-14)11-15-8-4-5-9-18(15)19/h1-10,17,19H,11H2/b16-10+. The van der Waals surface area contributed by atoms with Gasteiger partial charge in [0.15, 0.2) is 0 Å². The quantitative estimate of drug-likeness (QED) is 0.825. The molecule has 1 aliphatic rings. The molecular weight excluding hydrogens is 256 g/mol. The first-order chi connectivity index (χ1) is 10.3. The molecule has 0 amide bonds. The van der Waals surface area contributed by atoms with Crippen LogP contribution in [0, 0.1) is 28.6 Å². The number of nitriles is 2. The fraction of sp³-hybridized carbons (Fsp3) is 0.158. The van der Waals surface area contributed by atoms with Crippen LogP contribution < -0.4 is 0 Å². The maximum absolute atomic E-state index is 9.30. The number of nitrogens with zero attached hydrogens (tertiary/aromatic N) is 2. The van der Waals surface area contributed by atoms with Crippen molar-refractivity contribution in [3.05, 3.63) is 76.9 Å². The average molecular weight is 270 g/mol. The molecule has 0 aromatic heterocycles. The lowest BCUT2D eigenvalue weighted by atomic mass is 9.85. The van der Waals surface area contributed by atoms with Gasteiger partial charge in [-0.2, -0.15) is 10.5 Å². The van der Waals surface area contributed by atoms with Crippen molar-refractivity contribution in [1.82, 2.24) is 0 Å². The Hall–Kier alpha value is -2.84. The predicted molar refractivity (Wildman–Crippen MR) is 82.0 cm³/mol. The summed E-state index contributed by atoms with van der Waals surface area (Å²) >= 11 is 0. The van der Waals surface area contributed by atoms with Crippen LogP contribution in [0.2, 0.25) is 0 Å². The van der Waals surface area contributed by atoms with Crippen LogP contribution in [0.3, 0.4) is 0 Å². The van der Waals surface area contributed by atoms with Crippen LogP contribution in [0.25, 0.3) is 6.08 Å². The molecule has 2 heteroatoms. The van der Waals surface area contributed by atoms with Crippen LogP contribution in [0.1, 0.15) is 22.6 Å². The van der Waals surface area contributed by atoms with Gasteiger partial charge >= 0.3 is 0 Å². The minimum absolute atomic E-state index is 0.114. The highest BCUT2D eigenvalue weighted by Gasteiger charge is 2.33. The summed E-state index contributed by atoms with van der Waals surface area (Å²) in [4.78, 5) is 0. The normalized spacial score (nSPS) is 18.2. The van der Waals surface area contributed by atoms with Crippen LogP contribution in [-0.2, 0) is 6.42 Å². The largest absolute Gasteiger partial charge is 0.197 e. The van der Waals surface area contributed by atoms with E-state index in [1.54, 1.807) is 0 Å². The number of hydrogen-bond acceptors (Lipinski definition) is 2. The van der Waals surface area contributed by atoms with E-state index in [-0.39, 0.29) is 5.92 Å². The van der Waals surface area contributed by atoms with Crippen molar-refractivity contribution in [1.29, 1.82) is 10.5 Å². The molecule has 0 aliphatic heterocycles. The fourth-order valence-corrected chi connectivity index (χ4v) is 3.00. The number of hydrogen-bond donors (Lipinski definition) is 0. The monoisotopic (exact) mass is 270 g/mol. The Morgan fingerprint density at radius 3 is 2.33 bits per heavy atom. The van der Waals surface area contributed by atoms with Crippen molar-refractivity contribution >= 4 is 6.08 Å². The van der Waals surface area contributed by atoms with Crippen molar-refractivity contribution in [3.8, 4) is 12.1 Å². The van der Waals surface area contributed by atoms with Crippen LogP contribution in [0.4, 0.5) is 0 Å². The molecule has 0 fully saturated rings. The van der Waals surface area contributed by atoms with Crippen molar-refractivity contribution in [2.45, 2.75) is 12.3 Å². The number of fused-ring (bicyclic) bond motifs is 1. The van der Waals surface area contributed by atoms with Crippen molar-refractivity contribution in [2.24, 2.45) is 5.92 Å². The van der Waals surface area contributed by atoms with Gasteiger partial charge in [0, 0.05) is 5.92 Å². The molecule has 2 aromatic carbocycles. The van der Waals surface area contributed by atoms with Crippen LogP contribution >= 0.6 is 0 Å². The Morgan fingerprint density at radius 1 is 0.952 bits per heavy atom. The van der Waals surface area contributed by atoms with Crippen molar-refractivity contribution < 1.29 is 0 Å². The first-order valence-electron chi connectivity index (χ1n) is 6.96. The Balaban J connectivity index is 2.08. The Bertz CT molecular complexity index is 746. The molecule has 2 aromatic rings. The summed E-state index contributed by atoms with van der Waals surface area (Å²) in [5.41, 5.74) is 4.60.